The zero-order chi connectivity index (χ0) is 14.4. The van der Waals surface area contributed by atoms with Gasteiger partial charge in [0.25, 0.3) is 0 Å². The Morgan fingerprint density at radius 1 is 1.25 bits per heavy atom. The molecule has 0 unspecified atom stereocenters. The lowest BCUT2D eigenvalue weighted by Crippen LogP contribution is -2.27. The Morgan fingerprint density at radius 3 is 2.50 bits per heavy atom. The van der Waals surface area contributed by atoms with Crippen molar-refractivity contribution in [1.82, 2.24) is 15.3 Å². The Morgan fingerprint density at radius 2 is 1.90 bits per heavy atom. The second kappa shape index (κ2) is 7.07. The van der Waals surface area contributed by atoms with Gasteiger partial charge < -0.3 is 16.0 Å². The van der Waals surface area contributed by atoms with Crippen LogP contribution in [0.25, 0.3) is 0 Å². The number of aryl methyl sites for hydroxylation is 1. The average molecular weight is 277 g/mol. The van der Waals surface area contributed by atoms with Gasteiger partial charge in [-0.15, -0.1) is 0 Å². The minimum atomic E-state index is 0.107. The van der Waals surface area contributed by atoms with Crippen LogP contribution in [0, 0.1) is 6.92 Å². The van der Waals surface area contributed by atoms with Gasteiger partial charge in [-0.25, -0.2) is 9.97 Å². The second-order valence-corrected chi connectivity index (χ2v) is 5.13. The van der Waals surface area contributed by atoms with Gasteiger partial charge in [0, 0.05) is 31.6 Å². The van der Waals surface area contributed by atoms with Gasteiger partial charge in [0.15, 0.2) is 0 Å². The summed E-state index contributed by atoms with van der Waals surface area (Å²) >= 11 is 0. The van der Waals surface area contributed by atoms with Gasteiger partial charge in [0.2, 0.25) is 5.91 Å². The molecule has 2 rings (SSSR count). The lowest BCUT2D eigenvalue weighted by Gasteiger charge is -2.09. The first-order valence-corrected chi connectivity index (χ1v) is 7.30. The van der Waals surface area contributed by atoms with Crippen LogP contribution in [0.15, 0.2) is 6.07 Å². The maximum Gasteiger partial charge on any atom is 0.221 e. The van der Waals surface area contributed by atoms with Crippen molar-refractivity contribution in [1.29, 1.82) is 0 Å². The van der Waals surface area contributed by atoms with Gasteiger partial charge in [0.1, 0.15) is 17.5 Å². The average Bonchev–Trinajstić information content (AvgIpc) is 3.19. The minimum Gasteiger partial charge on any atom is -0.370 e. The number of rotatable bonds is 8. The molecule has 1 aliphatic rings. The number of amides is 1. The Balaban J connectivity index is 1.78. The summed E-state index contributed by atoms with van der Waals surface area (Å²) in [4.78, 5) is 20.2. The van der Waals surface area contributed by atoms with Gasteiger partial charge in [-0.05, 0) is 26.2 Å². The van der Waals surface area contributed by atoms with Gasteiger partial charge in [-0.3, -0.25) is 4.79 Å². The van der Waals surface area contributed by atoms with Crippen molar-refractivity contribution >= 4 is 17.5 Å². The van der Waals surface area contributed by atoms with Crippen LogP contribution in [0.2, 0.25) is 0 Å². The molecule has 1 aromatic rings. The molecular weight excluding hydrogens is 254 g/mol. The molecule has 6 heteroatoms. The normalized spacial score (nSPS) is 13.9. The molecular formula is C14H23N5O. The van der Waals surface area contributed by atoms with Gasteiger partial charge >= 0.3 is 0 Å². The maximum absolute atomic E-state index is 11.6. The van der Waals surface area contributed by atoms with Crippen LogP contribution in [0.5, 0.6) is 0 Å². The number of aromatic nitrogens is 2. The third kappa shape index (κ3) is 5.03. The minimum absolute atomic E-state index is 0.107. The predicted octanol–water partition coefficient (Wildman–Crippen LogP) is 1.69. The molecule has 1 heterocycles. The summed E-state index contributed by atoms with van der Waals surface area (Å²) in [6.07, 6.45) is 3.76. The summed E-state index contributed by atoms with van der Waals surface area (Å²) in [6, 6.07) is 2.30. The summed E-state index contributed by atoms with van der Waals surface area (Å²) in [6.45, 7) is 5.45. The molecule has 0 atom stereocenters. The number of nitrogens with zero attached hydrogens (tertiary/aromatic N) is 2. The van der Waals surface area contributed by atoms with Crippen LogP contribution in [0.4, 0.5) is 11.6 Å². The Kier molecular flexibility index (Phi) is 5.15. The third-order valence-corrected chi connectivity index (χ3v) is 2.99. The van der Waals surface area contributed by atoms with E-state index in [0.717, 1.165) is 43.3 Å². The van der Waals surface area contributed by atoms with Gasteiger partial charge in [-0.1, -0.05) is 6.92 Å². The number of carbonyl (C=O) groups is 1. The van der Waals surface area contributed by atoms with E-state index in [4.69, 9.17) is 0 Å². The van der Waals surface area contributed by atoms with Gasteiger partial charge in [0.05, 0.1) is 0 Å². The SMILES string of the molecule is CCCNc1cc(NCCC(=O)NC2CC2)nc(C)n1. The molecule has 0 spiro atoms. The highest BCUT2D eigenvalue weighted by Crippen LogP contribution is 2.18. The van der Waals surface area contributed by atoms with E-state index in [9.17, 15) is 4.79 Å². The molecule has 1 fully saturated rings. The van der Waals surface area contributed by atoms with E-state index in [1.807, 2.05) is 13.0 Å². The first-order valence-electron chi connectivity index (χ1n) is 7.30. The van der Waals surface area contributed by atoms with E-state index in [-0.39, 0.29) is 5.91 Å². The molecule has 3 N–H and O–H groups in total. The highest BCUT2D eigenvalue weighted by Gasteiger charge is 2.22. The van der Waals surface area contributed by atoms with E-state index >= 15 is 0 Å². The lowest BCUT2D eigenvalue weighted by atomic mass is 10.3. The van der Waals surface area contributed by atoms with Crippen LogP contribution < -0.4 is 16.0 Å². The van der Waals surface area contributed by atoms with E-state index in [1.165, 1.54) is 0 Å². The number of carbonyl (C=O) groups excluding carboxylic acids is 1. The largest absolute Gasteiger partial charge is 0.370 e. The lowest BCUT2D eigenvalue weighted by molar-refractivity contribution is -0.120. The number of hydrogen-bond acceptors (Lipinski definition) is 5. The molecule has 20 heavy (non-hydrogen) atoms. The zero-order valence-corrected chi connectivity index (χ0v) is 12.2. The first-order chi connectivity index (χ1) is 9.67. The quantitative estimate of drug-likeness (QED) is 0.674. The maximum atomic E-state index is 11.6. The molecule has 0 aromatic carbocycles. The van der Waals surface area contributed by atoms with E-state index in [1.54, 1.807) is 0 Å². The van der Waals surface area contributed by atoms with Crippen LogP contribution >= 0.6 is 0 Å². The molecule has 0 aliphatic heterocycles. The topological polar surface area (TPSA) is 78.9 Å². The van der Waals surface area contributed by atoms with Crippen molar-refractivity contribution in [3.05, 3.63) is 11.9 Å². The van der Waals surface area contributed by atoms with Crippen molar-refractivity contribution in [2.75, 3.05) is 23.7 Å². The Labute approximate surface area is 119 Å². The predicted molar refractivity (Wildman–Crippen MR) is 79.8 cm³/mol. The molecule has 0 bridgehead atoms. The summed E-state index contributed by atoms with van der Waals surface area (Å²) < 4.78 is 0. The van der Waals surface area contributed by atoms with E-state index in [0.29, 0.717) is 19.0 Å². The third-order valence-electron chi connectivity index (χ3n) is 2.99. The molecule has 1 saturated carbocycles. The fourth-order valence-corrected chi connectivity index (χ4v) is 1.83. The molecule has 0 radical (unpaired) electrons. The summed E-state index contributed by atoms with van der Waals surface area (Å²) in [5, 5.41) is 9.38. The number of anilines is 2. The number of nitrogens with one attached hydrogen (secondary N) is 3. The van der Waals surface area contributed by atoms with E-state index in [2.05, 4.69) is 32.8 Å². The Hall–Kier alpha value is -1.85. The van der Waals surface area contributed by atoms with E-state index < -0.39 is 0 Å². The van der Waals surface area contributed by atoms with Crippen LogP contribution in [0.1, 0.15) is 38.4 Å². The van der Waals surface area contributed by atoms with Gasteiger partial charge in [-0.2, -0.15) is 0 Å². The molecule has 1 aliphatic carbocycles. The van der Waals surface area contributed by atoms with Crippen molar-refractivity contribution < 1.29 is 4.79 Å². The fourth-order valence-electron chi connectivity index (χ4n) is 1.83. The zero-order valence-electron chi connectivity index (χ0n) is 12.2. The molecule has 110 valence electrons. The standard InChI is InChI=1S/C14H23N5O/c1-3-7-15-12-9-13(18-10(2)17-12)16-8-6-14(20)19-11-4-5-11/h9,11H,3-8H2,1-2H3,(H,19,20)(H2,15,16,17,18). The summed E-state index contributed by atoms with van der Waals surface area (Å²) in [7, 11) is 0. The summed E-state index contributed by atoms with van der Waals surface area (Å²) in [5.41, 5.74) is 0. The fraction of sp³-hybridized carbons (Fsp3) is 0.643. The molecule has 0 saturated heterocycles. The monoisotopic (exact) mass is 277 g/mol. The van der Waals surface area contributed by atoms with Crippen molar-refractivity contribution in [2.24, 2.45) is 0 Å². The van der Waals surface area contributed by atoms with Crippen molar-refractivity contribution in [3.8, 4) is 0 Å². The molecule has 1 amide bonds. The summed E-state index contributed by atoms with van der Waals surface area (Å²) in [5.74, 6) is 2.41. The van der Waals surface area contributed by atoms with Crippen LogP contribution in [-0.4, -0.2) is 35.0 Å². The van der Waals surface area contributed by atoms with Crippen molar-refractivity contribution in [3.63, 3.8) is 0 Å². The highest BCUT2D eigenvalue weighted by molar-refractivity contribution is 5.77. The smallest absolute Gasteiger partial charge is 0.221 e. The molecule has 1 aromatic heterocycles. The van der Waals surface area contributed by atoms with Crippen LogP contribution in [-0.2, 0) is 4.79 Å². The number of hydrogen-bond donors (Lipinski definition) is 3. The van der Waals surface area contributed by atoms with Crippen LogP contribution in [0.3, 0.4) is 0 Å². The highest BCUT2D eigenvalue weighted by atomic mass is 16.1. The Bertz CT molecular complexity index is 459. The second-order valence-electron chi connectivity index (χ2n) is 5.13. The first kappa shape index (κ1) is 14.6. The van der Waals surface area contributed by atoms with Crippen molar-refractivity contribution in [2.45, 2.75) is 45.6 Å². The molecule has 6 nitrogen and oxygen atoms in total.